The third kappa shape index (κ3) is 3.37. The topological polar surface area (TPSA) is 25.2 Å². The van der Waals surface area contributed by atoms with Gasteiger partial charge in [-0.1, -0.05) is 37.1 Å². The lowest BCUT2D eigenvalue weighted by Crippen LogP contribution is -1.98. The maximum absolute atomic E-state index is 9.91. The molecule has 0 fully saturated rings. The van der Waals surface area contributed by atoms with Crippen LogP contribution in [0.15, 0.2) is 42.7 Å². The Balaban J connectivity index is 2.04. The molecule has 0 bridgehead atoms. The summed E-state index contributed by atoms with van der Waals surface area (Å²) in [5.41, 5.74) is 2.19. The van der Waals surface area contributed by atoms with Crippen LogP contribution in [0.1, 0.15) is 37.0 Å². The number of aliphatic hydroxyl groups excluding tert-OH is 1. The number of hydrogen-bond acceptors (Lipinski definition) is 1. The van der Waals surface area contributed by atoms with E-state index in [2.05, 4.69) is 11.5 Å². The van der Waals surface area contributed by atoms with E-state index in [9.17, 15) is 5.11 Å². The van der Waals surface area contributed by atoms with Gasteiger partial charge in [0.25, 0.3) is 0 Å². The van der Waals surface area contributed by atoms with Gasteiger partial charge in [-0.2, -0.15) is 0 Å². The Morgan fingerprint density at radius 2 is 1.94 bits per heavy atom. The number of hydrogen-bond donors (Lipinski definition) is 1. The average Bonchev–Trinajstić information content (AvgIpc) is 2.81. The van der Waals surface area contributed by atoms with Gasteiger partial charge in [-0.3, -0.25) is 0 Å². The van der Waals surface area contributed by atoms with Gasteiger partial charge in [0.2, 0.25) is 0 Å². The minimum absolute atomic E-state index is 0.346. The third-order valence-electron chi connectivity index (χ3n) is 3.00. The maximum Gasteiger partial charge on any atom is 0.0804 e. The molecule has 0 aliphatic carbocycles. The van der Waals surface area contributed by atoms with E-state index in [1.807, 2.05) is 42.7 Å². The van der Waals surface area contributed by atoms with Gasteiger partial charge in [0.1, 0.15) is 0 Å². The van der Waals surface area contributed by atoms with Crippen molar-refractivity contribution in [3.8, 4) is 0 Å². The van der Waals surface area contributed by atoms with E-state index in [1.165, 1.54) is 5.56 Å². The van der Waals surface area contributed by atoms with Gasteiger partial charge in [-0.05, 0) is 35.7 Å². The zero-order chi connectivity index (χ0) is 13.0. The second kappa shape index (κ2) is 6.07. The number of benzene rings is 1. The minimum atomic E-state index is -0.346. The van der Waals surface area contributed by atoms with Crippen LogP contribution in [0.25, 0.3) is 0 Å². The summed E-state index contributed by atoms with van der Waals surface area (Å²) < 4.78 is 2.08. The fraction of sp³-hybridized carbons (Fsp3) is 0.333. The normalized spacial score (nSPS) is 12.6. The van der Waals surface area contributed by atoms with Crippen molar-refractivity contribution in [1.29, 1.82) is 0 Å². The van der Waals surface area contributed by atoms with Crippen molar-refractivity contribution >= 4 is 11.6 Å². The highest BCUT2D eigenvalue weighted by atomic mass is 35.5. The molecule has 18 heavy (non-hydrogen) atoms. The van der Waals surface area contributed by atoms with Crippen molar-refractivity contribution < 1.29 is 5.11 Å². The largest absolute Gasteiger partial charge is 0.388 e. The van der Waals surface area contributed by atoms with Crippen molar-refractivity contribution in [3.63, 3.8) is 0 Å². The fourth-order valence-electron chi connectivity index (χ4n) is 2.00. The lowest BCUT2D eigenvalue weighted by atomic mass is 10.1. The predicted octanol–water partition coefficient (Wildman–Crippen LogP) is 4.02. The number of halogens is 1. The molecule has 1 heterocycles. The molecule has 0 saturated heterocycles. The molecule has 2 rings (SSSR count). The monoisotopic (exact) mass is 263 g/mol. The third-order valence-corrected chi connectivity index (χ3v) is 3.25. The Labute approximate surface area is 113 Å². The second-order valence-corrected chi connectivity index (χ2v) is 4.98. The first-order valence-corrected chi connectivity index (χ1v) is 6.65. The van der Waals surface area contributed by atoms with Gasteiger partial charge >= 0.3 is 0 Å². The Kier molecular flexibility index (Phi) is 4.45. The van der Waals surface area contributed by atoms with Gasteiger partial charge < -0.3 is 9.67 Å². The standard InChI is InChI=1S/C15H18ClNO/c1-2-3-15(18)13-8-9-17(11-13)10-12-4-6-14(16)7-5-12/h4-9,11,15,18H,2-3,10H2,1H3. The molecule has 0 spiro atoms. The van der Waals surface area contributed by atoms with E-state index in [-0.39, 0.29) is 6.10 Å². The smallest absolute Gasteiger partial charge is 0.0804 e. The first-order valence-electron chi connectivity index (χ1n) is 6.27. The maximum atomic E-state index is 9.91. The molecule has 2 nitrogen and oxygen atoms in total. The summed E-state index contributed by atoms with van der Waals surface area (Å²) in [5.74, 6) is 0. The summed E-state index contributed by atoms with van der Waals surface area (Å²) in [6.07, 6.45) is 5.47. The highest BCUT2D eigenvalue weighted by molar-refractivity contribution is 6.30. The zero-order valence-electron chi connectivity index (χ0n) is 10.5. The van der Waals surface area contributed by atoms with Crippen LogP contribution in [0.2, 0.25) is 5.02 Å². The average molecular weight is 264 g/mol. The summed E-state index contributed by atoms with van der Waals surface area (Å²) >= 11 is 5.86. The first-order chi connectivity index (χ1) is 8.69. The Morgan fingerprint density at radius 1 is 1.22 bits per heavy atom. The Morgan fingerprint density at radius 3 is 2.61 bits per heavy atom. The molecule has 0 amide bonds. The summed E-state index contributed by atoms with van der Waals surface area (Å²) in [6.45, 7) is 2.88. The van der Waals surface area contributed by atoms with Crippen LogP contribution < -0.4 is 0 Å². The van der Waals surface area contributed by atoms with Crippen LogP contribution in [-0.4, -0.2) is 9.67 Å². The number of nitrogens with zero attached hydrogens (tertiary/aromatic N) is 1. The van der Waals surface area contributed by atoms with Gasteiger partial charge in [0, 0.05) is 24.0 Å². The molecule has 1 N–H and O–H groups in total. The lowest BCUT2D eigenvalue weighted by molar-refractivity contribution is 0.166. The molecular weight excluding hydrogens is 246 g/mol. The van der Waals surface area contributed by atoms with Crippen LogP contribution in [-0.2, 0) is 6.54 Å². The van der Waals surface area contributed by atoms with Crippen LogP contribution in [0, 0.1) is 0 Å². The molecule has 1 atom stereocenters. The van der Waals surface area contributed by atoms with Crippen molar-refractivity contribution in [2.45, 2.75) is 32.4 Å². The minimum Gasteiger partial charge on any atom is -0.388 e. The highest BCUT2D eigenvalue weighted by Gasteiger charge is 2.07. The van der Waals surface area contributed by atoms with E-state index in [4.69, 9.17) is 11.6 Å². The van der Waals surface area contributed by atoms with E-state index in [1.54, 1.807) is 0 Å². The molecule has 2 aromatic rings. The van der Waals surface area contributed by atoms with Gasteiger partial charge in [-0.25, -0.2) is 0 Å². The summed E-state index contributed by atoms with van der Waals surface area (Å²) in [7, 11) is 0. The number of aliphatic hydroxyl groups is 1. The van der Waals surface area contributed by atoms with E-state index < -0.39 is 0 Å². The van der Waals surface area contributed by atoms with Crippen LogP contribution >= 0.6 is 11.6 Å². The molecule has 3 heteroatoms. The summed E-state index contributed by atoms with van der Waals surface area (Å²) in [6, 6.07) is 9.81. The predicted molar refractivity (Wildman–Crippen MR) is 74.9 cm³/mol. The molecule has 1 aromatic carbocycles. The van der Waals surface area contributed by atoms with Crippen molar-refractivity contribution in [2.24, 2.45) is 0 Å². The molecule has 0 saturated carbocycles. The second-order valence-electron chi connectivity index (χ2n) is 4.55. The molecule has 1 unspecified atom stereocenters. The van der Waals surface area contributed by atoms with Crippen molar-refractivity contribution in [3.05, 3.63) is 58.9 Å². The van der Waals surface area contributed by atoms with Gasteiger partial charge in [0.15, 0.2) is 0 Å². The quantitative estimate of drug-likeness (QED) is 0.866. The Bertz CT molecular complexity index is 489. The van der Waals surface area contributed by atoms with Crippen LogP contribution in [0.5, 0.6) is 0 Å². The van der Waals surface area contributed by atoms with E-state index in [0.29, 0.717) is 0 Å². The molecule has 96 valence electrons. The molecule has 1 aromatic heterocycles. The van der Waals surface area contributed by atoms with Crippen molar-refractivity contribution in [1.82, 2.24) is 4.57 Å². The van der Waals surface area contributed by atoms with Crippen LogP contribution in [0.3, 0.4) is 0 Å². The van der Waals surface area contributed by atoms with Crippen LogP contribution in [0.4, 0.5) is 0 Å². The molecule has 0 aliphatic heterocycles. The summed E-state index contributed by atoms with van der Waals surface area (Å²) in [4.78, 5) is 0. The van der Waals surface area contributed by atoms with Crippen molar-refractivity contribution in [2.75, 3.05) is 0 Å². The zero-order valence-corrected chi connectivity index (χ0v) is 11.3. The highest BCUT2D eigenvalue weighted by Crippen LogP contribution is 2.19. The first kappa shape index (κ1) is 13.2. The molecule has 0 radical (unpaired) electrons. The lowest BCUT2D eigenvalue weighted by Gasteiger charge is -2.07. The number of aromatic nitrogens is 1. The number of rotatable bonds is 5. The summed E-state index contributed by atoms with van der Waals surface area (Å²) in [5, 5.41) is 10.7. The van der Waals surface area contributed by atoms with E-state index in [0.717, 1.165) is 30.0 Å². The molecule has 0 aliphatic rings. The Hall–Kier alpha value is -1.25. The fourth-order valence-corrected chi connectivity index (χ4v) is 2.12. The SMILES string of the molecule is CCCC(O)c1ccn(Cc2ccc(Cl)cc2)c1. The van der Waals surface area contributed by atoms with E-state index >= 15 is 0 Å². The van der Waals surface area contributed by atoms with Gasteiger partial charge in [0.05, 0.1) is 6.10 Å². The molecular formula is C15H18ClNO. The van der Waals surface area contributed by atoms with Gasteiger partial charge in [-0.15, -0.1) is 0 Å².